The van der Waals surface area contributed by atoms with Gasteiger partial charge in [-0.15, -0.1) is 0 Å². The lowest BCUT2D eigenvalue weighted by atomic mass is 9.82. The SMILES string of the molecule is CC1(C)c2ccccc2-c2ccc(N(C3=CC=C(C4=Cc5c6c(n(-c7ccccc7)c5CC4)C=CCC6)CC3)c3ccc(-c4ccccc4)cc3)cc21. The molecule has 4 aliphatic rings. The molecule has 0 unspecified atom stereocenters. The van der Waals surface area contributed by atoms with Crippen molar-refractivity contribution in [2.75, 3.05) is 4.90 Å². The molecule has 0 saturated heterocycles. The second-order valence-corrected chi connectivity index (χ2v) is 15.5. The zero-order chi connectivity index (χ0) is 35.5. The molecule has 0 bridgehead atoms. The van der Waals surface area contributed by atoms with Gasteiger partial charge in [0.1, 0.15) is 0 Å². The Kier molecular flexibility index (Phi) is 7.61. The van der Waals surface area contributed by atoms with E-state index in [0.29, 0.717) is 0 Å². The number of hydrogen-bond acceptors (Lipinski definition) is 1. The highest BCUT2D eigenvalue weighted by atomic mass is 15.1. The van der Waals surface area contributed by atoms with E-state index < -0.39 is 0 Å². The molecule has 2 heteroatoms. The molecule has 1 heterocycles. The van der Waals surface area contributed by atoms with Crippen molar-refractivity contribution in [2.24, 2.45) is 0 Å². The lowest BCUT2D eigenvalue weighted by Gasteiger charge is -2.32. The number of benzene rings is 5. The Hall–Kier alpha value is -5.86. The molecule has 4 aliphatic carbocycles. The average Bonchev–Trinajstić information content (AvgIpc) is 3.67. The highest BCUT2D eigenvalue weighted by Gasteiger charge is 2.36. The Morgan fingerprint density at radius 2 is 1.28 bits per heavy atom. The number of aromatic nitrogens is 1. The molecule has 0 N–H and O–H groups in total. The van der Waals surface area contributed by atoms with Crippen molar-refractivity contribution < 1.29 is 0 Å². The molecule has 0 spiro atoms. The Balaban J connectivity index is 1.04. The Labute approximate surface area is 313 Å². The van der Waals surface area contributed by atoms with E-state index in [1.54, 1.807) is 0 Å². The molecule has 0 radical (unpaired) electrons. The number of hydrogen-bond donors (Lipinski definition) is 0. The van der Waals surface area contributed by atoms with Crippen LogP contribution in [-0.2, 0) is 18.3 Å². The third-order valence-electron chi connectivity index (χ3n) is 12.1. The fraction of sp³-hybridized carbons (Fsp3) is 0.176. The number of nitrogens with zero attached hydrogens (tertiary/aromatic N) is 2. The van der Waals surface area contributed by atoms with E-state index in [1.165, 1.54) is 89.8 Å². The van der Waals surface area contributed by atoms with Crippen LogP contribution in [0.1, 0.15) is 73.2 Å². The largest absolute Gasteiger partial charge is 0.314 e. The summed E-state index contributed by atoms with van der Waals surface area (Å²) in [4.78, 5) is 2.51. The molecule has 5 aromatic carbocycles. The van der Waals surface area contributed by atoms with Crippen LogP contribution >= 0.6 is 0 Å². The second-order valence-electron chi connectivity index (χ2n) is 15.5. The number of rotatable bonds is 6. The maximum absolute atomic E-state index is 2.54. The molecule has 1 aromatic heterocycles. The maximum Gasteiger partial charge on any atom is 0.0494 e. The normalized spacial score (nSPS) is 16.5. The zero-order valence-corrected chi connectivity index (χ0v) is 30.6. The van der Waals surface area contributed by atoms with Crippen LogP contribution in [0.4, 0.5) is 11.4 Å². The van der Waals surface area contributed by atoms with E-state index >= 15 is 0 Å². The minimum absolute atomic E-state index is 0.0560. The van der Waals surface area contributed by atoms with Crippen LogP contribution in [0.15, 0.2) is 162 Å². The number of anilines is 2. The summed E-state index contributed by atoms with van der Waals surface area (Å²) >= 11 is 0. The van der Waals surface area contributed by atoms with Gasteiger partial charge in [0.05, 0.1) is 0 Å². The molecule has 258 valence electrons. The quantitative estimate of drug-likeness (QED) is 0.170. The van der Waals surface area contributed by atoms with Gasteiger partial charge in [0.2, 0.25) is 0 Å². The first kappa shape index (κ1) is 31.8. The smallest absolute Gasteiger partial charge is 0.0494 e. The number of allylic oxidation sites excluding steroid dienone is 6. The van der Waals surface area contributed by atoms with Crippen LogP contribution in [0.5, 0.6) is 0 Å². The van der Waals surface area contributed by atoms with Crippen molar-refractivity contribution in [2.45, 2.75) is 57.8 Å². The fourth-order valence-corrected chi connectivity index (χ4v) is 9.44. The zero-order valence-electron chi connectivity index (χ0n) is 30.6. The van der Waals surface area contributed by atoms with Gasteiger partial charge in [-0.05, 0) is 149 Å². The molecule has 0 saturated carbocycles. The average molecular weight is 685 g/mol. The topological polar surface area (TPSA) is 8.17 Å². The first-order chi connectivity index (χ1) is 26.0. The fourth-order valence-electron chi connectivity index (χ4n) is 9.44. The van der Waals surface area contributed by atoms with Gasteiger partial charge in [-0.25, -0.2) is 0 Å². The van der Waals surface area contributed by atoms with Crippen molar-refractivity contribution in [3.8, 4) is 27.9 Å². The highest BCUT2D eigenvalue weighted by molar-refractivity contribution is 5.84. The summed E-state index contributed by atoms with van der Waals surface area (Å²) in [7, 11) is 0. The van der Waals surface area contributed by atoms with Crippen LogP contribution in [-0.4, -0.2) is 4.57 Å². The molecular formula is C51H44N2. The lowest BCUT2D eigenvalue weighted by molar-refractivity contribution is 0.660. The lowest BCUT2D eigenvalue weighted by Crippen LogP contribution is -2.20. The molecule has 6 aromatic rings. The van der Waals surface area contributed by atoms with Crippen molar-refractivity contribution in [3.05, 3.63) is 196 Å². The third kappa shape index (κ3) is 5.31. The summed E-state index contributed by atoms with van der Waals surface area (Å²) in [5.74, 6) is 0. The molecule has 0 aliphatic heterocycles. The van der Waals surface area contributed by atoms with E-state index in [1.807, 2.05) is 0 Å². The minimum Gasteiger partial charge on any atom is -0.314 e. The van der Waals surface area contributed by atoms with E-state index in [-0.39, 0.29) is 5.41 Å². The second kappa shape index (κ2) is 12.7. The Morgan fingerprint density at radius 3 is 2.08 bits per heavy atom. The summed E-state index contributed by atoms with van der Waals surface area (Å²) in [6.45, 7) is 4.75. The third-order valence-corrected chi connectivity index (χ3v) is 12.1. The Bertz CT molecular complexity index is 2500. The van der Waals surface area contributed by atoms with Crippen LogP contribution in [0, 0.1) is 0 Å². The van der Waals surface area contributed by atoms with Crippen molar-refractivity contribution in [1.29, 1.82) is 0 Å². The van der Waals surface area contributed by atoms with Gasteiger partial charge >= 0.3 is 0 Å². The number of fused-ring (bicyclic) bond motifs is 6. The van der Waals surface area contributed by atoms with Crippen LogP contribution in [0.3, 0.4) is 0 Å². The first-order valence-electron chi connectivity index (χ1n) is 19.3. The summed E-state index contributed by atoms with van der Waals surface area (Å²) in [5.41, 5.74) is 21.8. The predicted octanol–water partition coefficient (Wildman–Crippen LogP) is 13.2. The predicted molar refractivity (Wildman–Crippen MR) is 223 cm³/mol. The van der Waals surface area contributed by atoms with Gasteiger partial charge < -0.3 is 9.47 Å². The van der Waals surface area contributed by atoms with E-state index in [2.05, 4.69) is 181 Å². The van der Waals surface area contributed by atoms with Crippen LogP contribution in [0.25, 0.3) is 40.1 Å². The van der Waals surface area contributed by atoms with Crippen molar-refractivity contribution >= 4 is 23.5 Å². The summed E-state index contributed by atoms with van der Waals surface area (Å²) in [6.07, 6.45) is 18.5. The van der Waals surface area contributed by atoms with E-state index in [9.17, 15) is 0 Å². The van der Waals surface area contributed by atoms with Gasteiger partial charge in [0.25, 0.3) is 0 Å². The van der Waals surface area contributed by atoms with Gasteiger partial charge in [-0.2, -0.15) is 0 Å². The number of para-hydroxylation sites is 1. The van der Waals surface area contributed by atoms with Crippen LogP contribution in [0.2, 0.25) is 0 Å². The standard InChI is InChI=1S/C51H44N2/c1-51(2)47-19-11-9-17-43(47)44-31-30-42(34-48(44)51)52(40-26-21-36(22-27-40)35-13-5-3-6-14-35)41-28-23-37(24-29-41)38-25-32-50-46(33-38)45-18-10-12-20-49(45)53(50)39-15-7-4-8-16-39/h3-9,11-17,19-23,26-28,30-31,33-34H,10,18,24-25,29,32H2,1-2H3. The first-order valence-corrected chi connectivity index (χ1v) is 19.3. The molecule has 2 nitrogen and oxygen atoms in total. The van der Waals surface area contributed by atoms with E-state index in [0.717, 1.165) is 38.5 Å². The molecule has 0 atom stereocenters. The Morgan fingerprint density at radius 1 is 0.585 bits per heavy atom. The maximum atomic E-state index is 2.54. The molecule has 53 heavy (non-hydrogen) atoms. The molecular weight excluding hydrogens is 641 g/mol. The van der Waals surface area contributed by atoms with Gasteiger partial charge in [-0.1, -0.05) is 117 Å². The summed E-state index contributed by atoms with van der Waals surface area (Å²) in [6, 6.07) is 46.9. The summed E-state index contributed by atoms with van der Waals surface area (Å²) in [5, 5.41) is 0. The molecule has 10 rings (SSSR count). The molecule has 0 fully saturated rings. The monoisotopic (exact) mass is 684 g/mol. The highest BCUT2D eigenvalue weighted by Crippen LogP contribution is 2.50. The van der Waals surface area contributed by atoms with Crippen molar-refractivity contribution in [3.63, 3.8) is 0 Å². The molecule has 0 amide bonds. The van der Waals surface area contributed by atoms with Gasteiger partial charge in [-0.3, -0.25) is 0 Å². The summed E-state index contributed by atoms with van der Waals surface area (Å²) < 4.78 is 2.53. The van der Waals surface area contributed by atoms with Gasteiger partial charge in [0.15, 0.2) is 0 Å². The van der Waals surface area contributed by atoms with E-state index in [4.69, 9.17) is 0 Å². The van der Waals surface area contributed by atoms with Gasteiger partial charge in [0, 0.05) is 39.6 Å². The van der Waals surface area contributed by atoms with Crippen molar-refractivity contribution in [1.82, 2.24) is 4.57 Å². The van der Waals surface area contributed by atoms with Crippen LogP contribution < -0.4 is 4.90 Å². The minimum atomic E-state index is -0.0560.